The van der Waals surface area contributed by atoms with Crippen LogP contribution in [0.25, 0.3) is 0 Å². The van der Waals surface area contributed by atoms with E-state index in [9.17, 15) is 0 Å². The largest absolute Gasteiger partial charge is 0.242 e. The molecule has 1 heterocycles. The number of nitriles is 2. The van der Waals surface area contributed by atoms with Gasteiger partial charge in [-0.05, 0) is 6.07 Å². The minimum Gasteiger partial charge on any atom is -0.242 e. The van der Waals surface area contributed by atoms with E-state index in [2.05, 4.69) is 17.4 Å². The molecule has 0 amide bonds. The summed E-state index contributed by atoms with van der Waals surface area (Å²) in [6.07, 6.45) is 4.75. The summed E-state index contributed by atoms with van der Waals surface area (Å²) in [5.74, 6) is 0. The highest BCUT2D eigenvalue weighted by Gasteiger charge is 1.93. The molecule has 1 rings (SSSR count). The second-order valence-electron chi connectivity index (χ2n) is 1.53. The lowest BCUT2D eigenvalue weighted by atomic mass is 10.2. The number of rotatable bonds is 0. The first kappa shape index (κ1) is 6.25. The molecule has 0 atom stereocenters. The van der Waals surface area contributed by atoms with Crippen LogP contribution < -0.4 is 0 Å². The molecule has 1 aromatic rings. The van der Waals surface area contributed by atoms with Crippen LogP contribution in [0.3, 0.4) is 0 Å². The monoisotopic (exact) mass is 127 g/mol. The van der Waals surface area contributed by atoms with Gasteiger partial charge in [-0.3, -0.25) is 0 Å². The van der Waals surface area contributed by atoms with E-state index in [-0.39, 0.29) is 11.1 Å². The van der Waals surface area contributed by atoms with Crippen LogP contribution in [0.1, 0.15) is 11.1 Å². The lowest BCUT2D eigenvalue weighted by Crippen LogP contribution is -1.81. The Hall–Kier alpha value is -1.87. The topological polar surface area (TPSA) is 60.5 Å². The van der Waals surface area contributed by atoms with E-state index < -0.39 is 0 Å². The third kappa shape index (κ3) is 1.10. The molecule has 44 valence electrons. The first-order valence-electron chi connectivity index (χ1n) is 2.47. The average molecular weight is 127 g/mol. The highest BCUT2D eigenvalue weighted by Crippen LogP contribution is 1.96. The van der Waals surface area contributed by atoms with Crippen molar-refractivity contribution in [2.24, 2.45) is 0 Å². The smallest absolute Gasteiger partial charge is 0.109 e. The Labute approximate surface area is 58.2 Å². The van der Waals surface area contributed by atoms with Gasteiger partial charge in [0.1, 0.15) is 24.5 Å². The minimum atomic E-state index is 0.260. The molecule has 0 unspecified atom stereocenters. The lowest BCUT2D eigenvalue weighted by molar-refractivity contribution is 1.25. The van der Waals surface area contributed by atoms with Crippen molar-refractivity contribution in [1.82, 2.24) is 4.98 Å². The third-order valence-corrected chi connectivity index (χ3v) is 0.882. The van der Waals surface area contributed by atoms with E-state index >= 15 is 0 Å². The fourth-order valence-electron chi connectivity index (χ4n) is 0.472. The first-order valence-corrected chi connectivity index (χ1v) is 2.47. The molecular formula is C7HN3. The normalized spacial score (nSPS) is 7.80. The van der Waals surface area contributed by atoms with Crippen molar-refractivity contribution < 1.29 is 0 Å². The van der Waals surface area contributed by atoms with E-state index in [0.29, 0.717) is 0 Å². The Balaban J connectivity index is 3.17. The van der Waals surface area contributed by atoms with E-state index in [1.807, 2.05) is 12.1 Å². The van der Waals surface area contributed by atoms with Crippen molar-refractivity contribution in [2.45, 2.75) is 0 Å². The SMILES string of the molecule is N#Cc1[c]n[c]c(C#N)c1. The van der Waals surface area contributed by atoms with E-state index in [0.717, 1.165) is 0 Å². The molecule has 3 heteroatoms. The second-order valence-corrected chi connectivity index (χ2v) is 1.53. The Morgan fingerprint density at radius 3 is 2.10 bits per heavy atom. The number of hydrogen-bond acceptors (Lipinski definition) is 3. The van der Waals surface area contributed by atoms with E-state index in [1.54, 1.807) is 0 Å². The standard InChI is InChI=1S/C7HN3/c8-2-6-1-7(3-9)5-10-4-6/h1H. The van der Waals surface area contributed by atoms with Gasteiger partial charge in [0.2, 0.25) is 0 Å². The summed E-state index contributed by atoms with van der Waals surface area (Å²) in [7, 11) is 0. The van der Waals surface area contributed by atoms with Crippen LogP contribution in [0, 0.1) is 35.1 Å². The predicted octanol–water partition coefficient (Wildman–Crippen LogP) is 0.425. The van der Waals surface area contributed by atoms with Gasteiger partial charge in [-0.25, -0.2) is 4.98 Å². The molecule has 0 bridgehead atoms. The summed E-state index contributed by atoms with van der Waals surface area (Å²) in [5.41, 5.74) is 0.519. The minimum absolute atomic E-state index is 0.260. The van der Waals surface area contributed by atoms with Crippen LogP contribution in [0.4, 0.5) is 0 Å². The summed E-state index contributed by atoms with van der Waals surface area (Å²) in [6, 6.07) is 5.01. The van der Waals surface area contributed by atoms with Crippen molar-refractivity contribution in [3.63, 3.8) is 0 Å². The highest BCUT2D eigenvalue weighted by atomic mass is 14.6. The van der Waals surface area contributed by atoms with Gasteiger partial charge >= 0.3 is 0 Å². The van der Waals surface area contributed by atoms with Crippen molar-refractivity contribution in [3.05, 3.63) is 29.6 Å². The Bertz CT molecular complexity index is 287. The molecule has 0 aromatic carbocycles. The zero-order valence-corrected chi connectivity index (χ0v) is 4.92. The van der Waals surface area contributed by atoms with Crippen molar-refractivity contribution in [2.75, 3.05) is 0 Å². The molecule has 0 saturated heterocycles. The Morgan fingerprint density at radius 2 is 1.70 bits per heavy atom. The van der Waals surface area contributed by atoms with Gasteiger partial charge < -0.3 is 0 Å². The van der Waals surface area contributed by atoms with Gasteiger partial charge in [-0.1, -0.05) is 0 Å². The highest BCUT2D eigenvalue weighted by molar-refractivity contribution is 5.33. The van der Waals surface area contributed by atoms with Crippen molar-refractivity contribution in [3.8, 4) is 12.1 Å². The molecule has 0 fully saturated rings. The molecular weight excluding hydrogens is 126 g/mol. The van der Waals surface area contributed by atoms with Gasteiger partial charge in [0.05, 0.1) is 11.1 Å². The summed E-state index contributed by atoms with van der Waals surface area (Å²) in [6.45, 7) is 0. The summed E-state index contributed by atoms with van der Waals surface area (Å²) in [5, 5.41) is 16.6. The van der Waals surface area contributed by atoms with Crippen LogP contribution in [-0.4, -0.2) is 4.98 Å². The van der Waals surface area contributed by atoms with Crippen LogP contribution in [0.2, 0.25) is 0 Å². The van der Waals surface area contributed by atoms with Crippen molar-refractivity contribution >= 4 is 0 Å². The maximum Gasteiger partial charge on any atom is 0.109 e. The maximum atomic E-state index is 8.31. The summed E-state index contributed by atoms with van der Waals surface area (Å²) >= 11 is 0. The number of hydrogen-bond donors (Lipinski definition) is 0. The molecule has 0 aliphatic heterocycles. The molecule has 2 radical (unpaired) electrons. The zero-order chi connectivity index (χ0) is 7.40. The summed E-state index contributed by atoms with van der Waals surface area (Å²) < 4.78 is 0. The molecule has 0 saturated carbocycles. The fraction of sp³-hybridized carbons (Fsp3) is 0. The average Bonchev–Trinajstić information content (AvgIpc) is 2.05. The van der Waals surface area contributed by atoms with Gasteiger partial charge in [0.15, 0.2) is 0 Å². The second kappa shape index (κ2) is 2.61. The van der Waals surface area contributed by atoms with Gasteiger partial charge in [-0.2, -0.15) is 10.5 Å². The van der Waals surface area contributed by atoms with Crippen LogP contribution in [-0.2, 0) is 0 Å². The molecule has 10 heavy (non-hydrogen) atoms. The van der Waals surface area contributed by atoms with Gasteiger partial charge in [0, 0.05) is 0 Å². The molecule has 0 aliphatic rings. The maximum absolute atomic E-state index is 8.31. The summed E-state index contributed by atoms with van der Waals surface area (Å²) in [4.78, 5) is 3.43. The molecule has 0 spiro atoms. The van der Waals surface area contributed by atoms with Crippen LogP contribution in [0.15, 0.2) is 6.07 Å². The van der Waals surface area contributed by atoms with E-state index in [4.69, 9.17) is 10.5 Å². The predicted molar refractivity (Wildman–Crippen MR) is 31.3 cm³/mol. The Kier molecular flexibility index (Phi) is 1.63. The quantitative estimate of drug-likeness (QED) is 0.507. The van der Waals surface area contributed by atoms with E-state index in [1.165, 1.54) is 6.07 Å². The molecule has 1 aromatic heterocycles. The van der Waals surface area contributed by atoms with Gasteiger partial charge in [0.25, 0.3) is 0 Å². The van der Waals surface area contributed by atoms with Crippen molar-refractivity contribution in [1.29, 1.82) is 10.5 Å². The lowest BCUT2D eigenvalue weighted by Gasteiger charge is -1.83. The number of aromatic nitrogens is 1. The number of nitrogens with zero attached hydrogens (tertiary/aromatic N) is 3. The first-order chi connectivity index (χ1) is 4.86. The third-order valence-electron chi connectivity index (χ3n) is 0.882. The molecule has 3 nitrogen and oxygen atoms in total. The van der Waals surface area contributed by atoms with Crippen LogP contribution in [0.5, 0.6) is 0 Å². The van der Waals surface area contributed by atoms with Crippen LogP contribution >= 0.6 is 0 Å². The fourth-order valence-corrected chi connectivity index (χ4v) is 0.472. The number of pyridine rings is 1. The zero-order valence-electron chi connectivity index (χ0n) is 4.92. The van der Waals surface area contributed by atoms with Gasteiger partial charge in [-0.15, -0.1) is 0 Å². The molecule has 0 aliphatic carbocycles. The Morgan fingerprint density at radius 1 is 1.20 bits per heavy atom. The molecule has 0 N–H and O–H groups in total.